The third-order valence-electron chi connectivity index (χ3n) is 4.08. The van der Waals surface area contributed by atoms with Gasteiger partial charge in [-0.3, -0.25) is 4.79 Å². The van der Waals surface area contributed by atoms with Gasteiger partial charge >= 0.3 is 0 Å². The van der Waals surface area contributed by atoms with E-state index in [4.69, 9.17) is 32.7 Å². The highest BCUT2D eigenvalue weighted by Crippen LogP contribution is 2.28. The van der Waals surface area contributed by atoms with E-state index in [-0.39, 0.29) is 5.56 Å². The summed E-state index contributed by atoms with van der Waals surface area (Å²) < 4.78 is 12.4. The fourth-order valence-corrected chi connectivity index (χ4v) is 4.10. The normalized spacial score (nSPS) is 11.9. The van der Waals surface area contributed by atoms with E-state index in [1.165, 1.54) is 15.9 Å². The first-order valence-electron chi connectivity index (χ1n) is 8.09. The van der Waals surface area contributed by atoms with Gasteiger partial charge < -0.3 is 9.47 Å². The summed E-state index contributed by atoms with van der Waals surface area (Å²) >= 11 is 13.4. The molecule has 4 rings (SSSR count). The third kappa shape index (κ3) is 3.32. The van der Waals surface area contributed by atoms with Crippen molar-refractivity contribution in [2.24, 2.45) is 0 Å². The highest BCUT2D eigenvalue weighted by atomic mass is 35.5. The molecule has 9 heteroatoms. The molecule has 4 aromatic rings. The minimum absolute atomic E-state index is 0.270. The molecule has 142 valence electrons. The number of fused-ring (bicyclic) bond motifs is 1. The number of aromatic nitrogens is 3. The third-order valence-corrected chi connectivity index (χ3v) is 5.58. The minimum atomic E-state index is -0.270. The lowest BCUT2D eigenvalue weighted by Crippen LogP contribution is -2.23. The van der Waals surface area contributed by atoms with E-state index in [0.29, 0.717) is 42.4 Å². The van der Waals surface area contributed by atoms with Crippen molar-refractivity contribution in [3.05, 3.63) is 66.9 Å². The Morgan fingerprint density at radius 3 is 2.61 bits per heavy atom. The topological polar surface area (TPSA) is 65.7 Å². The number of nitrogens with zero attached hydrogens (tertiary/aromatic N) is 3. The SMILES string of the molecule is COc1ccc(OC)c(C=c2sc3nc(-c4ccc(Cl)cc4Cl)nn3c2=O)c1. The molecule has 2 heterocycles. The van der Waals surface area contributed by atoms with Crippen LogP contribution in [0.3, 0.4) is 0 Å². The second-order valence-electron chi connectivity index (χ2n) is 5.78. The van der Waals surface area contributed by atoms with Crippen LogP contribution in [0.15, 0.2) is 41.2 Å². The summed E-state index contributed by atoms with van der Waals surface area (Å²) in [7, 11) is 3.15. The van der Waals surface area contributed by atoms with Gasteiger partial charge in [-0.15, -0.1) is 5.10 Å². The zero-order valence-electron chi connectivity index (χ0n) is 14.8. The largest absolute Gasteiger partial charge is 0.497 e. The Morgan fingerprint density at radius 2 is 1.93 bits per heavy atom. The van der Waals surface area contributed by atoms with Gasteiger partial charge in [0, 0.05) is 16.1 Å². The molecule has 0 saturated heterocycles. The number of hydrogen-bond donors (Lipinski definition) is 0. The first-order chi connectivity index (χ1) is 13.5. The summed E-state index contributed by atoms with van der Waals surface area (Å²) in [5, 5.41) is 5.25. The molecule has 0 fully saturated rings. The van der Waals surface area contributed by atoms with Crippen LogP contribution in [-0.4, -0.2) is 28.8 Å². The Morgan fingerprint density at radius 1 is 1.11 bits per heavy atom. The predicted molar refractivity (Wildman–Crippen MR) is 111 cm³/mol. The maximum atomic E-state index is 12.8. The Bertz CT molecular complexity index is 1300. The molecule has 0 radical (unpaired) electrons. The summed E-state index contributed by atoms with van der Waals surface area (Å²) in [4.78, 5) is 17.7. The van der Waals surface area contributed by atoms with E-state index in [1.54, 1.807) is 56.7 Å². The zero-order valence-corrected chi connectivity index (χ0v) is 17.1. The Kier molecular flexibility index (Phi) is 4.97. The van der Waals surface area contributed by atoms with Crippen LogP contribution in [0.4, 0.5) is 0 Å². The number of halogens is 2. The van der Waals surface area contributed by atoms with Gasteiger partial charge in [-0.05, 0) is 42.5 Å². The molecule has 0 bridgehead atoms. The summed E-state index contributed by atoms with van der Waals surface area (Å²) in [6.45, 7) is 0. The summed E-state index contributed by atoms with van der Waals surface area (Å²) in [5.74, 6) is 1.67. The number of ether oxygens (including phenoxy) is 2. The van der Waals surface area contributed by atoms with Crippen LogP contribution in [0.25, 0.3) is 22.4 Å². The maximum Gasteiger partial charge on any atom is 0.291 e. The van der Waals surface area contributed by atoms with Crippen molar-refractivity contribution >= 4 is 45.6 Å². The highest BCUT2D eigenvalue weighted by Gasteiger charge is 2.15. The lowest BCUT2D eigenvalue weighted by Gasteiger charge is -2.06. The standard InChI is InChI=1S/C19H13Cl2N3O3S/c1-26-12-4-6-15(27-2)10(7-12)8-16-18(25)24-19(28-16)22-17(23-24)13-5-3-11(20)9-14(13)21/h3-9H,1-2H3. The van der Waals surface area contributed by atoms with Crippen molar-refractivity contribution in [3.8, 4) is 22.9 Å². The number of methoxy groups -OCH3 is 2. The van der Waals surface area contributed by atoms with Crippen LogP contribution < -0.4 is 19.6 Å². The zero-order chi connectivity index (χ0) is 19.8. The molecule has 0 aliphatic heterocycles. The Balaban J connectivity index is 1.83. The van der Waals surface area contributed by atoms with Crippen molar-refractivity contribution in [3.63, 3.8) is 0 Å². The van der Waals surface area contributed by atoms with Crippen molar-refractivity contribution in [2.75, 3.05) is 14.2 Å². The van der Waals surface area contributed by atoms with Gasteiger partial charge in [0.15, 0.2) is 5.82 Å². The van der Waals surface area contributed by atoms with Gasteiger partial charge in [-0.2, -0.15) is 9.50 Å². The van der Waals surface area contributed by atoms with Gasteiger partial charge in [-0.1, -0.05) is 34.5 Å². The Labute approximate surface area is 173 Å². The van der Waals surface area contributed by atoms with Crippen LogP contribution in [0.5, 0.6) is 11.5 Å². The first-order valence-corrected chi connectivity index (χ1v) is 9.66. The molecule has 0 amide bonds. The molecule has 28 heavy (non-hydrogen) atoms. The predicted octanol–water partition coefficient (Wildman–Crippen LogP) is 3.69. The lowest BCUT2D eigenvalue weighted by molar-refractivity contribution is 0.402. The van der Waals surface area contributed by atoms with Crippen molar-refractivity contribution in [1.29, 1.82) is 0 Å². The smallest absolute Gasteiger partial charge is 0.291 e. The molecule has 2 aromatic heterocycles. The van der Waals surface area contributed by atoms with Crippen molar-refractivity contribution in [1.82, 2.24) is 14.6 Å². The van der Waals surface area contributed by atoms with Crippen LogP contribution in [0, 0.1) is 0 Å². The molecule has 0 aliphatic rings. The molecule has 6 nitrogen and oxygen atoms in total. The van der Waals surface area contributed by atoms with E-state index in [1.807, 2.05) is 0 Å². The summed E-state index contributed by atoms with van der Waals surface area (Å²) in [5.41, 5.74) is 1.07. The number of hydrogen-bond acceptors (Lipinski definition) is 6. The van der Waals surface area contributed by atoms with E-state index in [9.17, 15) is 4.79 Å². The minimum Gasteiger partial charge on any atom is -0.497 e. The molecule has 0 saturated carbocycles. The number of rotatable bonds is 4. The molecular formula is C19H13Cl2N3O3S. The molecule has 0 spiro atoms. The van der Waals surface area contributed by atoms with E-state index in [0.717, 1.165) is 5.56 Å². The number of benzene rings is 2. The van der Waals surface area contributed by atoms with Crippen molar-refractivity contribution in [2.45, 2.75) is 0 Å². The van der Waals surface area contributed by atoms with Crippen molar-refractivity contribution < 1.29 is 9.47 Å². The molecule has 0 unspecified atom stereocenters. The van der Waals surface area contributed by atoms with E-state index >= 15 is 0 Å². The lowest BCUT2D eigenvalue weighted by atomic mass is 10.2. The quantitative estimate of drug-likeness (QED) is 0.490. The second kappa shape index (κ2) is 7.43. The van der Waals surface area contributed by atoms with E-state index < -0.39 is 0 Å². The van der Waals surface area contributed by atoms with Gasteiger partial charge in [0.2, 0.25) is 4.96 Å². The fraction of sp³-hybridized carbons (Fsp3) is 0.105. The molecule has 0 atom stereocenters. The number of thiazole rings is 1. The van der Waals surface area contributed by atoms with Gasteiger partial charge in [0.05, 0.1) is 23.8 Å². The molecule has 0 N–H and O–H groups in total. The van der Waals surface area contributed by atoms with Crippen LogP contribution in [-0.2, 0) is 0 Å². The van der Waals surface area contributed by atoms with Gasteiger partial charge in [0.1, 0.15) is 11.5 Å². The average molecular weight is 434 g/mol. The fourth-order valence-electron chi connectivity index (χ4n) is 2.71. The first kappa shape index (κ1) is 18.7. The van der Waals surface area contributed by atoms with Crippen LogP contribution in [0.2, 0.25) is 10.0 Å². The Hall–Kier alpha value is -2.61. The van der Waals surface area contributed by atoms with Gasteiger partial charge in [-0.25, -0.2) is 0 Å². The van der Waals surface area contributed by atoms with Crippen LogP contribution in [0.1, 0.15) is 5.56 Å². The summed E-state index contributed by atoms with van der Waals surface area (Å²) in [6.07, 6.45) is 1.74. The van der Waals surface area contributed by atoms with E-state index in [2.05, 4.69) is 10.1 Å². The highest BCUT2D eigenvalue weighted by molar-refractivity contribution is 7.15. The monoisotopic (exact) mass is 433 g/mol. The average Bonchev–Trinajstić information content (AvgIpc) is 3.21. The van der Waals surface area contributed by atoms with Gasteiger partial charge in [0.25, 0.3) is 5.56 Å². The second-order valence-corrected chi connectivity index (χ2v) is 7.63. The molecular weight excluding hydrogens is 421 g/mol. The summed E-state index contributed by atoms with van der Waals surface area (Å²) in [6, 6.07) is 10.4. The molecule has 0 aliphatic carbocycles. The molecule has 2 aromatic carbocycles. The maximum absolute atomic E-state index is 12.8. The van der Waals surface area contributed by atoms with Crippen LogP contribution >= 0.6 is 34.5 Å².